The molecule has 0 atom stereocenters. The monoisotopic (exact) mass is 380 g/mol. The van der Waals surface area contributed by atoms with Gasteiger partial charge in [0.15, 0.2) is 0 Å². The van der Waals surface area contributed by atoms with Gasteiger partial charge in [-0.15, -0.1) is 0 Å². The normalized spacial score (nSPS) is 9.87. The van der Waals surface area contributed by atoms with Crippen LogP contribution in [0, 0.1) is 11.6 Å². The standard InChI is InChI=1S/C11H7F2NO.C5H4BrNO/c12-7-1-3-9(10(13)5-7)11-4-2-8(15)6-14-11;6-5-2-1-4(8)3-7-5/h1-6,15H;1-3,8H. The summed E-state index contributed by atoms with van der Waals surface area (Å²) >= 11 is 3.12. The van der Waals surface area contributed by atoms with Crippen molar-refractivity contribution in [1.82, 2.24) is 9.97 Å². The molecule has 0 saturated heterocycles. The molecule has 7 heteroatoms. The Morgan fingerprint density at radius 3 is 1.96 bits per heavy atom. The summed E-state index contributed by atoms with van der Waals surface area (Å²) in [6.07, 6.45) is 2.59. The maximum atomic E-state index is 13.3. The van der Waals surface area contributed by atoms with Crippen LogP contribution >= 0.6 is 15.9 Å². The van der Waals surface area contributed by atoms with Gasteiger partial charge >= 0.3 is 0 Å². The third-order valence-corrected chi connectivity index (χ3v) is 3.14. The molecule has 0 amide bonds. The molecule has 0 unspecified atom stereocenters. The second-order valence-electron chi connectivity index (χ2n) is 4.36. The molecule has 1 aromatic carbocycles. The van der Waals surface area contributed by atoms with Crippen LogP contribution in [0.1, 0.15) is 0 Å². The smallest absolute Gasteiger partial charge is 0.135 e. The first kappa shape index (κ1) is 16.8. The number of pyridine rings is 2. The van der Waals surface area contributed by atoms with Crippen LogP contribution in [0.4, 0.5) is 8.78 Å². The van der Waals surface area contributed by atoms with E-state index in [4.69, 9.17) is 10.2 Å². The van der Waals surface area contributed by atoms with Crippen molar-refractivity contribution < 1.29 is 19.0 Å². The van der Waals surface area contributed by atoms with Crippen molar-refractivity contribution in [3.8, 4) is 22.8 Å². The van der Waals surface area contributed by atoms with Crippen molar-refractivity contribution in [2.45, 2.75) is 0 Å². The first-order chi connectivity index (χ1) is 11.0. The lowest BCUT2D eigenvalue weighted by Gasteiger charge is -2.02. The fraction of sp³-hybridized carbons (Fsp3) is 0. The Morgan fingerprint density at radius 2 is 1.48 bits per heavy atom. The van der Waals surface area contributed by atoms with E-state index in [0.29, 0.717) is 5.69 Å². The molecule has 2 N–H and O–H groups in total. The zero-order valence-corrected chi connectivity index (χ0v) is 13.2. The van der Waals surface area contributed by atoms with Gasteiger partial charge in [-0.3, -0.25) is 4.98 Å². The molecule has 23 heavy (non-hydrogen) atoms. The molecule has 3 aromatic rings. The van der Waals surface area contributed by atoms with Crippen molar-refractivity contribution in [2.24, 2.45) is 0 Å². The molecule has 0 saturated carbocycles. The molecule has 2 aromatic heterocycles. The Hall–Kier alpha value is -2.54. The van der Waals surface area contributed by atoms with E-state index in [2.05, 4.69) is 25.9 Å². The minimum Gasteiger partial charge on any atom is -0.506 e. The van der Waals surface area contributed by atoms with Gasteiger partial charge in [-0.25, -0.2) is 13.8 Å². The topological polar surface area (TPSA) is 66.2 Å². The minimum absolute atomic E-state index is 0.00118. The third kappa shape index (κ3) is 5.00. The number of hydrogen-bond acceptors (Lipinski definition) is 4. The van der Waals surface area contributed by atoms with Gasteiger partial charge in [-0.2, -0.15) is 0 Å². The van der Waals surface area contributed by atoms with Crippen LogP contribution in [0.25, 0.3) is 11.3 Å². The molecule has 118 valence electrons. The number of aromatic nitrogens is 2. The van der Waals surface area contributed by atoms with Gasteiger partial charge in [0.2, 0.25) is 0 Å². The fourth-order valence-electron chi connectivity index (χ4n) is 1.61. The van der Waals surface area contributed by atoms with Crippen molar-refractivity contribution in [2.75, 3.05) is 0 Å². The van der Waals surface area contributed by atoms with E-state index in [9.17, 15) is 8.78 Å². The largest absolute Gasteiger partial charge is 0.506 e. The molecule has 0 bridgehead atoms. The van der Waals surface area contributed by atoms with E-state index in [1.807, 2.05) is 0 Å². The third-order valence-electron chi connectivity index (χ3n) is 2.67. The average molecular weight is 381 g/mol. The summed E-state index contributed by atoms with van der Waals surface area (Å²) in [5.41, 5.74) is 0.557. The first-order valence-electron chi connectivity index (χ1n) is 6.36. The van der Waals surface area contributed by atoms with Gasteiger partial charge in [-0.1, -0.05) is 0 Å². The van der Waals surface area contributed by atoms with Crippen molar-refractivity contribution in [1.29, 1.82) is 0 Å². The lowest BCUT2D eigenvalue weighted by molar-refractivity contribution is 0.472. The highest BCUT2D eigenvalue weighted by atomic mass is 79.9. The number of hydrogen-bond donors (Lipinski definition) is 2. The summed E-state index contributed by atoms with van der Waals surface area (Å²) in [7, 11) is 0. The number of aromatic hydroxyl groups is 2. The molecule has 0 aliphatic rings. The van der Waals surface area contributed by atoms with Crippen LogP contribution in [-0.4, -0.2) is 20.2 Å². The Morgan fingerprint density at radius 1 is 0.826 bits per heavy atom. The van der Waals surface area contributed by atoms with Crippen LogP contribution in [0.3, 0.4) is 0 Å². The van der Waals surface area contributed by atoms with Crippen LogP contribution in [0.2, 0.25) is 0 Å². The molecular formula is C16H11BrF2N2O2. The number of rotatable bonds is 1. The second kappa shape index (κ2) is 7.64. The quantitative estimate of drug-likeness (QED) is 0.618. The molecule has 2 heterocycles. The zero-order valence-electron chi connectivity index (χ0n) is 11.6. The van der Waals surface area contributed by atoms with E-state index in [1.54, 1.807) is 12.1 Å². The molecule has 3 rings (SSSR count). The second-order valence-corrected chi connectivity index (χ2v) is 5.18. The predicted molar refractivity (Wildman–Crippen MR) is 84.9 cm³/mol. The molecule has 0 fully saturated rings. The molecule has 0 aliphatic carbocycles. The summed E-state index contributed by atoms with van der Waals surface area (Å²) in [4.78, 5) is 7.57. The maximum absolute atomic E-state index is 13.3. The summed E-state index contributed by atoms with van der Waals surface area (Å²) in [5.74, 6) is -1.11. The van der Waals surface area contributed by atoms with Crippen LogP contribution < -0.4 is 0 Å². The SMILES string of the molecule is Oc1ccc(-c2ccc(F)cc2F)nc1.Oc1ccc(Br)nc1. The van der Waals surface area contributed by atoms with E-state index >= 15 is 0 Å². The van der Waals surface area contributed by atoms with Gasteiger partial charge < -0.3 is 10.2 Å². The Bertz CT molecular complexity index is 760. The highest BCUT2D eigenvalue weighted by Gasteiger charge is 2.07. The molecule has 0 spiro atoms. The first-order valence-corrected chi connectivity index (χ1v) is 7.16. The molecule has 0 aliphatic heterocycles. The fourth-order valence-corrected chi connectivity index (χ4v) is 1.85. The minimum atomic E-state index is -0.673. The maximum Gasteiger partial charge on any atom is 0.135 e. The van der Waals surface area contributed by atoms with E-state index in [0.717, 1.165) is 16.7 Å². The van der Waals surface area contributed by atoms with E-state index < -0.39 is 11.6 Å². The van der Waals surface area contributed by atoms with Gasteiger partial charge in [0, 0.05) is 11.6 Å². The summed E-state index contributed by atoms with van der Waals surface area (Å²) in [5, 5.41) is 17.7. The summed E-state index contributed by atoms with van der Waals surface area (Å²) < 4.78 is 26.7. The summed E-state index contributed by atoms with van der Waals surface area (Å²) in [6.45, 7) is 0. The van der Waals surface area contributed by atoms with Gasteiger partial charge in [0.1, 0.15) is 27.7 Å². The van der Waals surface area contributed by atoms with Gasteiger partial charge in [0.05, 0.1) is 18.1 Å². The lowest BCUT2D eigenvalue weighted by atomic mass is 10.1. The predicted octanol–water partition coefficient (Wildman–Crippen LogP) is 4.28. The van der Waals surface area contributed by atoms with Gasteiger partial charge in [-0.05, 0) is 52.3 Å². The van der Waals surface area contributed by atoms with Crippen molar-refractivity contribution in [3.63, 3.8) is 0 Å². The van der Waals surface area contributed by atoms with E-state index in [1.165, 1.54) is 30.6 Å². The van der Waals surface area contributed by atoms with Crippen LogP contribution in [0.5, 0.6) is 11.5 Å². The Kier molecular flexibility index (Phi) is 5.59. The Balaban J connectivity index is 0.000000203. The van der Waals surface area contributed by atoms with Crippen molar-refractivity contribution >= 4 is 15.9 Å². The van der Waals surface area contributed by atoms with E-state index in [-0.39, 0.29) is 17.1 Å². The molecule has 0 radical (unpaired) electrons. The van der Waals surface area contributed by atoms with Crippen LogP contribution in [-0.2, 0) is 0 Å². The van der Waals surface area contributed by atoms with Crippen molar-refractivity contribution in [3.05, 3.63) is 71.1 Å². The van der Waals surface area contributed by atoms with Gasteiger partial charge in [0.25, 0.3) is 0 Å². The molecular weight excluding hydrogens is 370 g/mol. The van der Waals surface area contributed by atoms with Crippen LogP contribution in [0.15, 0.2) is 59.5 Å². The number of halogens is 3. The highest BCUT2D eigenvalue weighted by Crippen LogP contribution is 2.22. The lowest BCUT2D eigenvalue weighted by Crippen LogP contribution is -1.88. The highest BCUT2D eigenvalue weighted by molar-refractivity contribution is 9.10. The summed E-state index contributed by atoms with van der Waals surface area (Å²) in [6, 6.07) is 9.37. The number of benzene rings is 1. The average Bonchev–Trinajstić information content (AvgIpc) is 2.52. The Labute approximate surface area is 139 Å². The number of nitrogens with zero attached hydrogens (tertiary/aromatic N) is 2. The zero-order chi connectivity index (χ0) is 16.8. The molecule has 4 nitrogen and oxygen atoms in total.